The molecule has 0 saturated heterocycles. The first-order valence-corrected chi connectivity index (χ1v) is 6.25. The summed E-state index contributed by atoms with van der Waals surface area (Å²) in [5.41, 5.74) is 0.807. The van der Waals surface area contributed by atoms with Crippen LogP contribution in [0.25, 0.3) is 0 Å². The largest absolute Gasteiger partial charge is 0.459 e. The molecule has 0 spiro atoms. The van der Waals surface area contributed by atoms with Gasteiger partial charge in [0.05, 0.1) is 0 Å². The summed E-state index contributed by atoms with van der Waals surface area (Å²) < 4.78 is 8.94. The third-order valence-corrected chi connectivity index (χ3v) is 3.12. The van der Waals surface area contributed by atoms with E-state index in [9.17, 15) is 4.79 Å². The van der Waals surface area contributed by atoms with Gasteiger partial charge in [0, 0.05) is 24.3 Å². The molecule has 1 aromatic heterocycles. The molecule has 0 aliphatic carbocycles. The third-order valence-electron chi connectivity index (χ3n) is 2.22. The quantitative estimate of drug-likeness (QED) is 0.863. The summed E-state index contributed by atoms with van der Waals surface area (Å²) in [5.74, 6) is -0.174. The molecule has 0 radical (unpaired) electrons. The van der Waals surface area contributed by atoms with E-state index in [1.165, 1.54) is 4.90 Å². The first-order chi connectivity index (χ1) is 8.66. The number of benzene rings is 1. The van der Waals surface area contributed by atoms with Crippen molar-refractivity contribution in [1.82, 2.24) is 9.36 Å². The second-order valence-corrected chi connectivity index (χ2v) is 4.46. The van der Waals surface area contributed by atoms with Gasteiger partial charge in [0.15, 0.2) is 6.61 Å². The molecule has 0 aliphatic rings. The first kappa shape index (κ1) is 12.8. The molecule has 0 bridgehead atoms. The fraction of sp³-hybridized carbons (Fsp3) is 0.182. The lowest BCUT2D eigenvalue weighted by atomic mass is 10.3. The fourth-order valence-corrected chi connectivity index (χ4v) is 1.93. The van der Waals surface area contributed by atoms with Gasteiger partial charge in [-0.15, -0.1) is 0 Å². The number of carbonyl (C=O) groups is 1. The fourth-order valence-electron chi connectivity index (χ4n) is 1.27. The second-order valence-electron chi connectivity index (χ2n) is 3.41. The lowest BCUT2D eigenvalue weighted by Gasteiger charge is -2.16. The van der Waals surface area contributed by atoms with E-state index >= 15 is 0 Å². The number of hydrogen-bond acceptors (Lipinski definition) is 5. The SMILES string of the molecule is CN(C(=O)COc1nc(Cl)ns1)c1ccccc1. The second kappa shape index (κ2) is 5.79. The maximum Gasteiger partial charge on any atom is 0.294 e. The van der Waals surface area contributed by atoms with Crippen molar-refractivity contribution >= 4 is 34.7 Å². The van der Waals surface area contributed by atoms with Gasteiger partial charge in [-0.1, -0.05) is 18.2 Å². The predicted molar refractivity (Wildman–Crippen MR) is 70.3 cm³/mol. The van der Waals surface area contributed by atoms with Crippen molar-refractivity contribution in [2.75, 3.05) is 18.6 Å². The molecule has 0 saturated carbocycles. The van der Waals surface area contributed by atoms with Crippen LogP contribution in [0.5, 0.6) is 5.19 Å². The Bertz CT molecular complexity index is 532. The zero-order chi connectivity index (χ0) is 13.0. The van der Waals surface area contributed by atoms with Crippen LogP contribution in [-0.4, -0.2) is 28.9 Å². The van der Waals surface area contributed by atoms with Crippen molar-refractivity contribution in [3.8, 4) is 5.19 Å². The molecule has 1 aromatic carbocycles. The summed E-state index contributed by atoms with van der Waals surface area (Å²) in [6.45, 7) is -0.100. The highest BCUT2D eigenvalue weighted by molar-refractivity contribution is 7.07. The van der Waals surface area contributed by atoms with Crippen molar-refractivity contribution < 1.29 is 9.53 Å². The Hall–Kier alpha value is -1.66. The van der Waals surface area contributed by atoms with Crippen molar-refractivity contribution in [2.24, 2.45) is 0 Å². The molecule has 1 amide bonds. The lowest BCUT2D eigenvalue weighted by molar-refractivity contribution is -0.120. The highest BCUT2D eigenvalue weighted by atomic mass is 35.5. The molecule has 0 atom stereocenters. The Morgan fingerprint density at radius 1 is 1.44 bits per heavy atom. The number of anilines is 1. The van der Waals surface area contributed by atoms with Crippen molar-refractivity contribution in [1.29, 1.82) is 0 Å². The monoisotopic (exact) mass is 283 g/mol. The number of likely N-dealkylation sites (N-methyl/N-ethyl adjacent to an activating group) is 1. The van der Waals surface area contributed by atoms with Gasteiger partial charge in [-0.05, 0) is 23.7 Å². The number of halogens is 1. The van der Waals surface area contributed by atoms with E-state index in [1.54, 1.807) is 7.05 Å². The molecular weight excluding hydrogens is 274 g/mol. The minimum atomic E-state index is -0.174. The van der Waals surface area contributed by atoms with E-state index in [1.807, 2.05) is 30.3 Å². The maximum atomic E-state index is 11.8. The molecule has 0 N–H and O–H groups in total. The van der Waals surface area contributed by atoms with Crippen LogP contribution in [0.4, 0.5) is 5.69 Å². The number of carbonyl (C=O) groups excluding carboxylic acids is 1. The van der Waals surface area contributed by atoms with E-state index in [4.69, 9.17) is 16.3 Å². The summed E-state index contributed by atoms with van der Waals surface area (Å²) in [4.78, 5) is 17.2. The van der Waals surface area contributed by atoms with Gasteiger partial charge in [-0.3, -0.25) is 4.79 Å². The minimum absolute atomic E-state index is 0.100. The molecule has 1 heterocycles. The molecular formula is C11H10ClN3O2S. The van der Waals surface area contributed by atoms with Gasteiger partial charge in [-0.2, -0.15) is 9.36 Å². The van der Waals surface area contributed by atoms with Crippen LogP contribution in [0, 0.1) is 0 Å². The topological polar surface area (TPSA) is 55.3 Å². The standard InChI is InChI=1S/C11H10ClN3O2S/c1-15(8-5-3-2-4-6-8)9(16)7-17-11-13-10(12)14-18-11/h2-6H,7H2,1H3. The molecule has 5 nitrogen and oxygen atoms in total. The van der Waals surface area contributed by atoms with Crippen molar-refractivity contribution in [3.63, 3.8) is 0 Å². The molecule has 0 unspecified atom stereocenters. The van der Waals surface area contributed by atoms with E-state index in [0.717, 1.165) is 17.2 Å². The zero-order valence-electron chi connectivity index (χ0n) is 9.54. The van der Waals surface area contributed by atoms with Crippen LogP contribution in [0.1, 0.15) is 0 Å². The lowest BCUT2D eigenvalue weighted by Crippen LogP contribution is -2.31. The minimum Gasteiger partial charge on any atom is -0.459 e. The molecule has 7 heteroatoms. The number of aromatic nitrogens is 2. The Kier molecular flexibility index (Phi) is 4.11. The van der Waals surface area contributed by atoms with Gasteiger partial charge in [0.25, 0.3) is 11.1 Å². The average molecular weight is 284 g/mol. The summed E-state index contributed by atoms with van der Waals surface area (Å²) in [5, 5.41) is 0.411. The molecule has 2 rings (SSSR count). The molecule has 0 fully saturated rings. The average Bonchev–Trinajstić information content (AvgIpc) is 2.82. The molecule has 2 aromatic rings. The zero-order valence-corrected chi connectivity index (χ0v) is 11.1. The van der Waals surface area contributed by atoms with Crippen LogP contribution < -0.4 is 9.64 Å². The normalized spacial score (nSPS) is 10.1. The Morgan fingerprint density at radius 3 is 2.78 bits per heavy atom. The number of ether oxygens (including phenoxy) is 1. The van der Waals surface area contributed by atoms with Crippen LogP contribution >= 0.6 is 23.1 Å². The van der Waals surface area contributed by atoms with Crippen LogP contribution in [0.15, 0.2) is 30.3 Å². The number of rotatable bonds is 4. The highest BCUT2D eigenvalue weighted by Crippen LogP contribution is 2.17. The predicted octanol–water partition coefficient (Wildman–Crippen LogP) is 2.23. The van der Waals surface area contributed by atoms with E-state index in [-0.39, 0.29) is 23.0 Å². The Balaban J connectivity index is 1.92. The first-order valence-electron chi connectivity index (χ1n) is 5.10. The number of amides is 1. The Labute approximate surface area is 113 Å². The smallest absolute Gasteiger partial charge is 0.294 e. The van der Waals surface area contributed by atoms with E-state index in [2.05, 4.69) is 9.36 Å². The summed E-state index contributed by atoms with van der Waals surface area (Å²) >= 11 is 6.56. The number of para-hydroxylation sites is 1. The van der Waals surface area contributed by atoms with Gasteiger partial charge < -0.3 is 9.64 Å². The molecule has 18 heavy (non-hydrogen) atoms. The molecule has 0 aliphatic heterocycles. The van der Waals surface area contributed by atoms with Crippen molar-refractivity contribution in [3.05, 3.63) is 35.6 Å². The number of nitrogens with zero attached hydrogens (tertiary/aromatic N) is 3. The van der Waals surface area contributed by atoms with Gasteiger partial charge in [-0.25, -0.2) is 0 Å². The van der Waals surface area contributed by atoms with E-state index < -0.39 is 0 Å². The van der Waals surface area contributed by atoms with Gasteiger partial charge >= 0.3 is 0 Å². The Morgan fingerprint density at radius 2 is 2.17 bits per heavy atom. The highest BCUT2D eigenvalue weighted by Gasteiger charge is 2.12. The van der Waals surface area contributed by atoms with Crippen LogP contribution in [0.2, 0.25) is 5.28 Å². The molecule has 94 valence electrons. The summed E-state index contributed by atoms with van der Waals surface area (Å²) in [6.07, 6.45) is 0. The summed E-state index contributed by atoms with van der Waals surface area (Å²) in [6, 6.07) is 9.32. The van der Waals surface area contributed by atoms with E-state index in [0.29, 0.717) is 0 Å². The van der Waals surface area contributed by atoms with Gasteiger partial charge in [0.1, 0.15) is 0 Å². The number of hydrogen-bond donors (Lipinski definition) is 0. The third kappa shape index (κ3) is 3.18. The van der Waals surface area contributed by atoms with Crippen LogP contribution in [-0.2, 0) is 4.79 Å². The summed E-state index contributed by atoms with van der Waals surface area (Å²) in [7, 11) is 1.69. The van der Waals surface area contributed by atoms with Crippen LogP contribution in [0.3, 0.4) is 0 Å². The maximum absolute atomic E-state index is 11.8. The van der Waals surface area contributed by atoms with Crippen molar-refractivity contribution in [2.45, 2.75) is 0 Å². The van der Waals surface area contributed by atoms with Gasteiger partial charge in [0.2, 0.25) is 5.28 Å².